The monoisotopic (exact) mass is 266 g/mol. The fraction of sp³-hybridized carbons (Fsp3) is 0.583. The highest BCUT2D eigenvalue weighted by molar-refractivity contribution is 5.83. The number of hydrogen-bond acceptors (Lipinski definition) is 4. The van der Waals surface area contributed by atoms with Crippen LogP contribution in [0.4, 0.5) is 0 Å². The molecule has 0 saturated carbocycles. The Morgan fingerprint density at radius 3 is 2.95 bits per heavy atom. The Morgan fingerprint density at radius 2 is 2.37 bits per heavy atom. The Hall–Kier alpha value is -1.89. The average Bonchev–Trinajstić information content (AvgIpc) is 2.95. The van der Waals surface area contributed by atoms with Crippen LogP contribution in [0.25, 0.3) is 0 Å². The van der Waals surface area contributed by atoms with Crippen LogP contribution in [-0.2, 0) is 16.6 Å². The van der Waals surface area contributed by atoms with Crippen LogP contribution in [-0.4, -0.2) is 44.8 Å². The highest BCUT2D eigenvalue weighted by Gasteiger charge is 2.31. The Morgan fingerprint density at radius 1 is 1.63 bits per heavy atom. The van der Waals surface area contributed by atoms with Crippen LogP contribution >= 0.6 is 0 Å². The highest BCUT2D eigenvalue weighted by atomic mass is 16.4. The van der Waals surface area contributed by atoms with E-state index in [1.165, 1.54) is 0 Å². The molecule has 19 heavy (non-hydrogen) atoms. The zero-order valence-electron chi connectivity index (χ0n) is 10.8. The third-order valence-corrected chi connectivity index (χ3v) is 3.41. The number of aryl methyl sites for hydroxylation is 1. The van der Waals surface area contributed by atoms with Crippen molar-refractivity contribution in [1.29, 1.82) is 0 Å². The first kappa shape index (κ1) is 13.5. The molecule has 0 spiro atoms. The lowest BCUT2D eigenvalue weighted by atomic mass is 10.1. The van der Waals surface area contributed by atoms with Crippen LogP contribution in [0, 0.1) is 5.92 Å². The van der Waals surface area contributed by atoms with Gasteiger partial charge in [0.15, 0.2) is 0 Å². The second-order valence-electron chi connectivity index (χ2n) is 4.96. The lowest BCUT2D eigenvalue weighted by Gasteiger charge is -2.20. The zero-order chi connectivity index (χ0) is 14.0. The predicted molar refractivity (Wildman–Crippen MR) is 67.1 cm³/mol. The third-order valence-electron chi connectivity index (χ3n) is 3.41. The quantitative estimate of drug-likeness (QED) is 0.782. The molecule has 1 aromatic rings. The van der Waals surface area contributed by atoms with Gasteiger partial charge < -0.3 is 15.7 Å². The van der Waals surface area contributed by atoms with Gasteiger partial charge in [-0.25, -0.2) is 0 Å². The van der Waals surface area contributed by atoms with Gasteiger partial charge in [0, 0.05) is 38.3 Å². The number of hydrogen-bond donors (Lipinski definition) is 2. The number of carbonyl (C=O) groups is 2. The maximum Gasteiger partial charge on any atom is 0.303 e. The molecule has 1 aliphatic rings. The number of nitrogens with zero attached hydrogens (tertiary/aromatic N) is 3. The number of nitrogens with two attached hydrogens (primary N) is 1. The van der Waals surface area contributed by atoms with Crippen molar-refractivity contribution in [3.63, 3.8) is 0 Å². The molecule has 1 saturated heterocycles. The van der Waals surface area contributed by atoms with E-state index in [0.29, 0.717) is 18.7 Å². The smallest absolute Gasteiger partial charge is 0.303 e. The van der Waals surface area contributed by atoms with Crippen LogP contribution < -0.4 is 5.73 Å². The number of aliphatic carboxylic acids is 1. The molecular weight excluding hydrogens is 248 g/mol. The Balaban J connectivity index is 1.95. The van der Waals surface area contributed by atoms with E-state index >= 15 is 0 Å². The minimum absolute atomic E-state index is 0.0301. The lowest BCUT2D eigenvalue weighted by Crippen LogP contribution is -2.37. The summed E-state index contributed by atoms with van der Waals surface area (Å²) in [5, 5.41) is 12.7. The number of aromatic nitrogens is 2. The molecule has 1 amide bonds. The molecule has 2 rings (SSSR count). The summed E-state index contributed by atoms with van der Waals surface area (Å²) < 4.78 is 1.60. The minimum Gasteiger partial charge on any atom is -0.481 e. The summed E-state index contributed by atoms with van der Waals surface area (Å²) in [4.78, 5) is 24.5. The summed E-state index contributed by atoms with van der Waals surface area (Å²) in [6, 6.07) is -0.725. The molecular formula is C12H18N4O3. The van der Waals surface area contributed by atoms with Gasteiger partial charge in [-0.05, 0) is 12.3 Å². The standard InChI is InChI=1S/C12H18N4O3/c1-15-7-9(5-14-15)11(13)12(19)16-3-2-8(6-16)4-10(17)18/h5,7-8,11H,2-4,6,13H2,1H3,(H,17,18). The van der Waals surface area contributed by atoms with Crippen LogP contribution in [0.5, 0.6) is 0 Å². The number of carboxylic acids is 1. The third kappa shape index (κ3) is 3.11. The van der Waals surface area contributed by atoms with Crippen LogP contribution in [0.15, 0.2) is 12.4 Å². The van der Waals surface area contributed by atoms with Gasteiger partial charge in [0.05, 0.1) is 6.20 Å². The highest BCUT2D eigenvalue weighted by Crippen LogP contribution is 2.22. The van der Waals surface area contributed by atoms with Crippen molar-refractivity contribution in [3.8, 4) is 0 Å². The van der Waals surface area contributed by atoms with Crippen molar-refractivity contribution < 1.29 is 14.7 Å². The largest absolute Gasteiger partial charge is 0.481 e. The second kappa shape index (κ2) is 5.40. The molecule has 0 bridgehead atoms. The zero-order valence-corrected chi connectivity index (χ0v) is 10.8. The van der Waals surface area contributed by atoms with Gasteiger partial charge in [0.2, 0.25) is 5.91 Å². The summed E-state index contributed by atoms with van der Waals surface area (Å²) in [7, 11) is 1.76. The van der Waals surface area contributed by atoms with Crippen LogP contribution in [0.2, 0.25) is 0 Å². The topological polar surface area (TPSA) is 101 Å². The van der Waals surface area contributed by atoms with E-state index in [9.17, 15) is 9.59 Å². The molecule has 1 fully saturated rings. The number of amides is 1. The Labute approximate surface area is 111 Å². The van der Waals surface area contributed by atoms with Crippen molar-refractivity contribution in [2.45, 2.75) is 18.9 Å². The van der Waals surface area contributed by atoms with E-state index in [1.807, 2.05) is 0 Å². The number of rotatable bonds is 4. The van der Waals surface area contributed by atoms with Gasteiger partial charge in [0.25, 0.3) is 0 Å². The van der Waals surface area contributed by atoms with Crippen molar-refractivity contribution in [2.75, 3.05) is 13.1 Å². The average molecular weight is 266 g/mol. The first-order chi connectivity index (χ1) is 8.97. The molecule has 7 heteroatoms. The summed E-state index contributed by atoms with van der Waals surface area (Å²) in [5.74, 6) is -0.959. The van der Waals surface area contributed by atoms with E-state index in [1.54, 1.807) is 29.0 Å². The number of carbonyl (C=O) groups excluding carboxylic acids is 1. The van der Waals surface area contributed by atoms with Gasteiger partial charge in [0.1, 0.15) is 6.04 Å². The fourth-order valence-corrected chi connectivity index (χ4v) is 2.39. The Bertz CT molecular complexity index is 485. The molecule has 1 aromatic heterocycles. The summed E-state index contributed by atoms with van der Waals surface area (Å²) >= 11 is 0. The maximum atomic E-state index is 12.2. The molecule has 0 aliphatic carbocycles. The van der Waals surface area contributed by atoms with E-state index in [2.05, 4.69) is 5.10 Å². The molecule has 7 nitrogen and oxygen atoms in total. The molecule has 1 aliphatic heterocycles. The Kier molecular flexibility index (Phi) is 3.84. The van der Waals surface area contributed by atoms with Crippen molar-refractivity contribution >= 4 is 11.9 Å². The van der Waals surface area contributed by atoms with Crippen LogP contribution in [0.1, 0.15) is 24.4 Å². The van der Waals surface area contributed by atoms with E-state index in [4.69, 9.17) is 10.8 Å². The molecule has 2 heterocycles. The molecule has 2 unspecified atom stereocenters. The van der Waals surface area contributed by atoms with Gasteiger partial charge in [-0.15, -0.1) is 0 Å². The summed E-state index contributed by atoms with van der Waals surface area (Å²) in [6.45, 7) is 1.05. The summed E-state index contributed by atoms with van der Waals surface area (Å²) in [5.41, 5.74) is 6.59. The van der Waals surface area contributed by atoms with Crippen LogP contribution in [0.3, 0.4) is 0 Å². The number of likely N-dealkylation sites (tertiary alicyclic amines) is 1. The van der Waals surface area contributed by atoms with Crippen molar-refractivity contribution in [1.82, 2.24) is 14.7 Å². The van der Waals surface area contributed by atoms with E-state index in [0.717, 1.165) is 6.42 Å². The lowest BCUT2D eigenvalue weighted by molar-refractivity contribution is -0.138. The first-order valence-electron chi connectivity index (χ1n) is 6.22. The fourth-order valence-electron chi connectivity index (χ4n) is 2.39. The van der Waals surface area contributed by atoms with Gasteiger partial charge in [-0.1, -0.05) is 0 Å². The van der Waals surface area contributed by atoms with Crippen molar-refractivity contribution in [3.05, 3.63) is 18.0 Å². The molecule has 0 radical (unpaired) electrons. The van der Waals surface area contributed by atoms with Crippen molar-refractivity contribution in [2.24, 2.45) is 18.7 Å². The molecule has 104 valence electrons. The van der Waals surface area contributed by atoms with Gasteiger partial charge >= 0.3 is 5.97 Å². The molecule has 0 aromatic carbocycles. The SMILES string of the molecule is Cn1cc(C(N)C(=O)N2CCC(CC(=O)O)C2)cn1. The maximum absolute atomic E-state index is 12.2. The molecule has 2 atom stereocenters. The normalized spacial score (nSPS) is 20.5. The van der Waals surface area contributed by atoms with Gasteiger partial charge in [-0.3, -0.25) is 14.3 Å². The van der Waals surface area contributed by atoms with E-state index in [-0.39, 0.29) is 18.2 Å². The molecule has 3 N–H and O–H groups in total. The second-order valence-corrected chi connectivity index (χ2v) is 4.96. The minimum atomic E-state index is -0.823. The first-order valence-corrected chi connectivity index (χ1v) is 6.22. The van der Waals surface area contributed by atoms with E-state index < -0.39 is 12.0 Å². The van der Waals surface area contributed by atoms with Gasteiger partial charge in [-0.2, -0.15) is 5.10 Å². The number of carboxylic acid groups (broad SMARTS) is 1. The predicted octanol–water partition coefficient (Wildman–Crippen LogP) is -0.257. The summed E-state index contributed by atoms with van der Waals surface area (Å²) in [6.07, 6.45) is 4.12.